The SMILES string of the molecule is CCCNc1nc(N(CCC)C(C)C)c2ccsc2n1. The number of nitrogens with zero attached hydrogens (tertiary/aromatic N) is 3. The molecule has 2 aromatic heterocycles. The average Bonchev–Trinajstić information content (AvgIpc) is 2.89. The lowest BCUT2D eigenvalue weighted by atomic mass is 10.2. The van der Waals surface area contributed by atoms with E-state index in [-0.39, 0.29) is 0 Å². The van der Waals surface area contributed by atoms with Crippen LogP contribution in [0.1, 0.15) is 40.5 Å². The molecule has 2 rings (SSSR count). The maximum absolute atomic E-state index is 4.76. The van der Waals surface area contributed by atoms with Crippen molar-refractivity contribution in [2.45, 2.75) is 46.6 Å². The summed E-state index contributed by atoms with van der Waals surface area (Å²) in [6.45, 7) is 10.7. The molecule has 0 amide bonds. The Morgan fingerprint density at radius 3 is 2.70 bits per heavy atom. The molecule has 0 aromatic carbocycles. The molecule has 0 fully saturated rings. The molecule has 2 aromatic rings. The summed E-state index contributed by atoms with van der Waals surface area (Å²) in [4.78, 5) is 12.8. The Bertz CT molecular complexity index is 550. The van der Waals surface area contributed by atoms with Crippen molar-refractivity contribution in [3.63, 3.8) is 0 Å². The predicted octanol–water partition coefficient (Wildman–Crippen LogP) is 4.14. The molecule has 0 atom stereocenters. The highest BCUT2D eigenvalue weighted by molar-refractivity contribution is 7.16. The number of hydrogen-bond acceptors (Lipinski definition) is 5. The lowest BCUT2D eigenvalue weighted by Crippen LogP contribution is -2.32. The first-order chi connectivity index (χ1) is 9.67. The maximum atomic E-state index is 4.76. The van der Waals surface area contributed by atoms with E-state index in [0.717, 1.165) is 42.5 Å². The van der Waals surface area contributed by atoms with Gasteiger partial charge in [-0.25, -0.2) is 4.98 Å². The van der Waals surface area contributed by atoms with Gasteiger partial charge in [-0.05, 0) is 38.1 Å². The molecule has 20 heavy (non-hydrogen) atoms. The number of aromatic nitrogens is 2. The van der Waals surface area contributed by atoms with E-state index in [1.54, 1.807) is 11.3 Å². The predicted molar refractivity (Wildman–Crippen MR) is 89.0 cm³/mol. The van der Waals surface area contributed by atoms with Gasteiger partial charge >= 0.3 is 0 Å². The first-order valence-corrected chi connectivity index (χ1v) is 8.31. The van der Waals surface area contributed by atoms with Gasteiger partial charge in [0.05, 0.1) is 5.39 Å². The second kappa shape index (κ2) is 6.88. The second-order valence-electron chi connectivity index (χ2n) is 5.22. The van der Waals surface area contributed by atoms with Gasteiger partial charge in [-0.2, -0.15) is 4.98 Å². The number of hydrogen-bond donors (Lipinski definition) is 1. The lowest BCUT2D eigenvalue weighted by molar-refractivity contribution is 0.664. The molecular weight excluding hydrogens is 268 g/mol. The summed E-state index contributed by atoms with van der Waals surface area (Å²) >= 11 is 1.68. The minimum absolute atomic E-state index is 0.437. The highest BCUT2D eigenvalue weighted by Gasteiger charge is 2.17. The van der Waals surface area contributed by atoms with Crippen LogP contribution in [0.5, 0.6) is 0 Å². The van der Waals surface area contributed by atoms with Crippen LogP contribution in [0.3, 0.4) is 0 Å². The van der Waals surface area contributed by atoms with Crippen LogP contribution in [-0.2, 0) is 0 Å². The molecule has 0 radical (unpaired) electrons. The molecule has 0 aliphatic rings. The minimum atomic E-state index is 0.437. The van der Waals surface area contributed by atoms with Crippen LogP contribution < -0.4 is 10.2 Å². The van der Waals surface area contributed by atoms with Crippen LogP contribution in [0.2, 0.25) is 0 Å². The number of anilines is 2. The van der Waals surface area contributed by atoms with E-state index < -0.39 is 0 Å². The summed E-state index contributed by atoms with van der Waals surface area (Å²) in [6, 6.07) is 2.57. The molecular formula is C15H24N4S. The Labute approximate surface area is 125 Å². The quantitative estimate of drug-likeness (QED) is 0.832. The first kappa shape index (κ1) is 15.0. The largest absolute Gasteiger partial charge is 0.354 e. The third-order valence-corrected chi connectivity index (χ3v) is 4.00. The van der Waals surface area contributed by atoms with E-state index in [2.05, 4.69) is 54.3 Å². The zero-order chi connectivity index (χ0) is 14.5. The highest BCUT2D eigenvalue weighted by Crippen LogP contribution is 2.30. The Morgan fingerprint density at radius 2 is 2.05 bits per heavy atom. The monoisotopic (exact) mass is 292 g/mol. The van der Waals surface area contributed by atoms with Gasteiger partial charge < -0.3 is 10.2 Å². The van der Waals surface area contributed by atoms with Crippen molar-refractivity contribution in [1.29, 1.82) is 0 Å². The topological polar surface area (TPSA) is 41.1 Å². The average molecular weight is 292 g/mol. The lowest BCUT2D eigenvalue weighted by Gasteiger charge is -2.28. The molecule has 2 heterocycles. The third-order valence-electron chi connectivity index (χ3n) is 3.20. The molecule has 0 saturated carbocycles. The van der Waals surface area contributed by atoms with Crippen molar-refractivity contribution in [3.8, 4) is 0 Å². The van der Waals surface area contributed by atoms with Crippen LogP contribution in [0, 0.1) is 0 Å². The Morgan fingerprint density at radius 1 is 1.25 bits per heavy atom. The van der Waals surface area contributed by atoms with E-state index in [4.69, 9.17) is 4.98 Å². The van der Waals surface area contributed by atoms with Gasteiger partial charge in [0.1, 0.15) is 10.6 Å². The zero-order valence-corrected chi connectivity index (χ0v) is 13.6. The molecule has 0 unspecified atom stereocenters. The summed E-state index contributed by atoms with van der Waals surface area (Å²) in [7, 11) is 0. The number of thiophene rings is 1. The summed E-state index contributed by atoms with van der Waals surface area (Å²) in [6.07, 6.45) is 2.19. The van der Waals surface area contributed by atoms with Crippen LogP contribution in [0.25, 0.3) is 10.2 Å². The molecule has 0 aliphatic heterocycles. The van der Waals surface area contributed by atoms with Crippen LogP contribution in [-0.4, -0.2) is 29.1 Å². The minimum Gasteiger partial charge on any atom is -0.354 e. The van der Waals surface area contributed by atoms with E-state index in [0.29, 0.717) is 6.04 Å². The summed E-state index contributed by atoms with van der Waals surface area (Å²) < 4.78 is 0. The van der Waals surface area contributed by atoms with Gasteiger partial charge in [0.25, 0.3) is 0 Å². The van der Waals surface area contributed by atoms with E-state index >= 15 is 0 Å². The van der Waals surface area contributed by atoms with Crippen molar-refractivity contribution in [2.75, 3.05) is 23.3 Å². The smallest absolute Gasteiger partial charge is 0.226 e. The summed E-state index contributed by atoms with van der Waals surface area (Å²) in [5.74, 6) is 1.81. The number of fused-ring (bicyclic) bond motifs is 1. The molecule has 0 bridgehead atoms. The molecule has 0 saturated heterocycles. The molecule has 110 valence electrons. The van der Waals surface area contributed by atoms with Crippen LogP contribution in [0.15, 0.2) is 11.4 Å². The van der Waals surface area contributed by atoms with Crippen molar-refractivity contribution in [1.82, 2.24) is 9.97 Å². The van der Waals surface area contributed by atoms with Gasteiger partial charge in [-0.1, -0.05) is 13.8 Å². The van der Waals surface area contributed by atoms with Gasteiger partial charge in [0.2, 0.25) is 5.95 Å². The van der Waals surface area contributed by atoms with Crippen molar-refractivity contribution >= 4 is 33.3 Å². The second-order valence-corrected chi connectivity index (χ2v) is 6.12. The van der Waals surface area contributed by atoms with Crippen molar-refractivity contribution < 1.29 is 0 Å². The summed E-state index contributed by atoms with van der Waals surface area (Å²) in [5.41, 5.74) is 0. The Balaban J connectivity index is 2.45. The molecule has 4 nitrogen and oxygen atoms in total. The third kappa shape index (κ3) is 3.20. The van der Waals surface area contributed by atoms with Gasteiger partial charge in [-0.3, -0.25) is 0 Å². The highest BCUT2D eigenvalue weighted by atomic mass is 32.1. The first-order valence-electron chi connectivity index (χ1n) is 7.43. The Hall–Kier alpha value is -1.36. The zero-order valence-electron chi connectivity index (χ0n) is 12.8. The molecule has 0 spiro atoms. The van der Waals surface area contributed by atoms with Gasteiger partial charge in [-0.15, -0.1) is 11.3 Å². The number of rotatable bonds is 7. The fraction of sp³-hybridized carbons (Fsp3) is 0.600. The van der Waals surface area contributed by atoms with Crippen molar-refractivity contribution in [2.24, 2.45) is 0 Å². The fourth-order valence-electron chi connectivity index (χ4n) is 2.22. The maximum Gasteiger partial charge on any atom is 0.226 e. The number of nitrogens with one attached hydrogen (secondary N) is 1. The van der Waals surface area contributed by atoms with Gasteiger partial charge in [0, 0.05) is 19.1 Å². The van der Waals surface area contributed by atoms with E-state index in [1.165, 1.54) is 5.39 Å². The molecule has 1 N–H and O–H groups in total. The fourth-order valence-corrected chi connectivity index (χ4v) is 2.98. The molecule has 0 aliphatic carbocycles. The normalized spacial score (nSPS) is 11.2. The van der Waals surface area contributed by atoms with E-state index in [9.17, 15) is 0 Å². The van der Waals surface area contributed by atoms with Crippen molar-refractivity contribution in [3.05, 3.63) is 11.4 Å². The van der Waals surface area contributed by atoms with Crippen LogP contribution in [0.4, 0.5) is 11.8 Å². The van der Waals surface area contributed by atoms with Crippen LogP contribution >= 0.6 is 11.3 Å². The van der Waals surface area contributed by atoms with Gasteiger partial charge in [0.15, 0.2) is 0 Å². The summed E-state index contributed by atoms with van der Waals surface area (Å²) in [5, 5.41) is 6.57. The standard InChI is InChI=1S/C15H24N4S/c1-5-8-16-15-17-13(19(9-6-2)11(3)4)12-7-10-20-14(12)18-15/h7,10-11H,5-6,8-9H2,1-4H3,(H,16,17,18). The van der Waals surface area contributed by atoms with E-state index in [1.807, 2.05) is 0 Å². The Kier molecular flexibility index (Phi) is 5.17. The molecule has 5 heteroatoms.